The van der Waals surface area contributed by atoms with Gasteiger partial charge in [0.15, 0.2) is 0 Å². The second kappa shape index (κ2) is 8.21. The van der Waals surface area contributed by atoms with Crippen LogP contribution in [0.2, 0.25) is 0 Å². The molecule has 3 heterocycles. The molecule has 2 aliphatic heterocycles. The van der Waals surface area contributed by atoms with Crippen LogP contribution in [0, 0.1) is 17.2 Å². The average molecular weight is 454 g/mol. The molecule has 1 unspecified atom stereocenters. The lowest BCUT2D eigenvalue weighted by Gasteiger charge is -2.36. The summed E-state index contributed by atoms with van der Waals surface area (Å²) in [5, 5.41) is 9.27. The first-order valence-electron chi connectivity index (χ1n) is 9.54. The number of pyridine rings is 1. The van der Waals surface area contributed by atoms with Crippen molar-refractivity contribution in [3.8, 4) is 6.07 Å². The number of rotatable bonds is 3. The second-order valence-electron chi connectivity index (χ2n) is 7.11. The molecule has 29 heavy (non-hydrogen) atoms. The topological polar surface area (TPSA) is 80.5 Å². The summed E-state index contributed by atoms with van der Waals surface area (Å²) < 4.78 is 0.903. The number of aromatic nitrogens is 1. The maximum atomic E-state index is 13.0. The summed E-state index contributed by atoms with van der Waals surface area (Å²) in [5.74, 6) is -0.203. The van der Waals surface area contributed by atoms with Gasteiger partial charge in [-0.1, -0.05) is 22.0 Å². The van der Waals surface area contributed by atoms with E-state index in [1.165, 1.54) is 0 Å². The van der Waals surface area contributed by atoms with E-state index in [9.17, 15) is 14.9 Å². The minimum Gasteiger partial charge on any atom is -0.352 e. The molecule has 2 amide bonds. The van der Waals surface area contributed by atoms with Crippen LogP contribution in [0.15, 0.2) is 47.1 Å². The van der Waals surface area contributed by atoms with Crippen molar-refractivity contribution < 1.29 is 9.59 Å². The molecule has 2 aromatic rings. The van der Waals surface area contributed by atoms with Gasteiger partial charge in [0.1, 0.15) is 17.8 Å². The Labute approximate surface area is 177 Å². The number of carbonyl (C=O) groups is 2. The number of carbonyl (C=O) groups excluding carboxylic acids is 2. The fourth-order valence-corrected chi connectivity index (χ4v) is 4.29. The zero-order valence-corrected chi connectivity index (χ0v) is 17.4. The molecule has 2 saturated heterocycles. The van der Waals surface area contributed by atoms with Crippen LogP contribution in [0.1, 0.15) is 12.0 Å². The smallest absolute Gasteiger partial charge is 0.239 e. The van der Waals surface area contributed by atoms with Gasteiger partial charge in [-0.2, -0.15) is 5.26 Å². The highest BCUT2D eigenvalue weighted by molar-refractivity contribution is 9.10. The lowest BCUT2D eigenvalue weighted by molar-refractivity contribution is -0.140. The zero-order valence-electron chi connectivity index (χ0n) is 15.8. The third-order valence-corrected chi connectivity index (χ3v) is 5.91. The molecule has 1 aromatic carbocycles. The van der Waals surface area contributed by atoms with Crippen molar-refractivity contribution in [1.82, 2.24) is 9.88 Å². The number of anilines is 2. The largest absolute Gasteiger partial charge is 0.352 e. The van der Waals surface area contributed by atoms with Crippen molar-refractivity contribution in [2.24, 2.45) is 5.92 Å². The minimum absolute atomic E-state index is 0.103. The summed E-state index contributed by atoms with van der Waals surface area (Å²) >= 11 is 3.43. The zero-order chi connectivity index (χ0) is 20.4. The van der Waals surface area contributed by atoms with E-state index in [-0.39, 0.29) is 11.8 Å². The normalized spacial score (nSPS) is 19.4. The van der Waals surface area contributed by atoms with Gasteiger partial charge in [0.2, 0.25) is 11.8 Å². The van der Waals surface area contributed by atoms with Crippen LogP contribution in [0.5, 0.6) is 0 Å². The van der Waals surface area contributed by atoms with Crippen LogP contribution < -0.4 is 9.80 Å². The summed E-state index contributed by atoms with van der Waals surface area (Å²) in [6.45, 7) is 2.76. The Kier molecular flexibility index (Phi) is 5.49. The molecule has 0 radical (unpaired) electrons. The van der Waals surface area contributed by atoms with Crippen LogP contribution in [0.3, 0.4) is 0 Å². The number of benzene rings is 1. The standard InChI is InChI=1S/C21H20BrN5O2/c22-16-4-1-5-17(13-16)27-8-6-18(21(27)29)20(28)26-11-9-25(10-12-26)19-15(14-23)3-2-7-24-19/h1-5,7,13,18H,6,8-12H2. The van der Waals surface area contributed by atoms with Crippen LogP contribution in [-0.4, -0.2) is 54.4 Å². The quantitative estimate of drug-likeness (QED) is 0.666. The van der Waals surface area contributed by atoms with E-state index in [4.69, 9.17) is 0 Å². The first-order valence-corrected chi connectivity index (χ1v) is 10.3. The van der Waals surface area contributed by atoms with Crippen LogP contribution in [0.4, 0.5) is 11.5 Å². The Balaban J connectivity index is 1.40. The predicted molar refractivity (Wildman–Crippen MR) is 112 cm³/mol. The van der Waals surface area contributed by atoms with Gasteiger partial charge in [-0.25, -0.2) is 4.98 Å². The Bertz CT molecular complexity index is 981. The maximum absolute atomic E-state index is 13.0. The third kappa shape index (κ3) is 3.83. The molecule has 2 fully saturated rings. The fourth-order valence-electron chi connectivity index (χ4n) is 3.90. The monoisotopic (exact) mass is 453 g/mol. The Morgan fingerprint density at radius 2 is 1.93 bits per heavy atom. The second-order valence-corrected chi connectivity index (χ2v) is 8.03. The first-order chi connectivity index (χ1) is 14.1. The van der Waals surface area contributed by atoms with Gasteiger partial charge < -0.3 is 14.7 Å². The van der Waals surface area contributed by atoms with E-state index in [0.29, 0.717) is 50.5 Å². The van der Waals surface area contributed by atoms with E-state index in [1.807, 2.05) is 29.2 Å². The molecule has 1 atom stereocenters. The van der Waals surface area contributed by atoms with Gasteiger partial charge in [0.05, 0.1) is 5.56 Å². The van der Waals surface area contributed by atoms with Gasteiger partial charge in [0, 0.05) is 49.1 Å². The number of halogens is 1. The fraction of sp³-hybridized carbons (Fsp3) is 0.333. The summed E-state index contributed by atoms with van der Waals surface area (Å²) in [7, 11) is 0. The number of piperazine rings is 1. The molecule has 7 nitrogen and oxygen atoms in total. The van der Waals surface area contributed by atoms with Crippen LogP contribution in [0.25, 0.3) is 0 Å². The third-order valence-electron chi connectivity index (χ3n) is 5.42. The SMILES string of the molecule is N#Cc1cccnc1N1CCN(C(=O)C2CCN(c3cccc(Br)c3)C2=O)CC1. The summed E-state index contributed by atoms with van der Waals surface area (Å²) in [4.78, 5) is 35.7. The Hall–Kier alpha value is -2.92. The lowest BCUT2D eigenvalue weighted by atomic mass is 10.1. The van der Waals surface area contributed by atoms with E-state index in [2.05, 4.69) is 27.0 Å². The number of hydrogen-bond acceptors (Lipinski definition) is 5. The number of hydrogen-bond donors (Lipinski definition) is 0. The molecule has 1 aromatic heterocycles. The Morgan fingerprint density at radius 1 is 1.14 bits per heavy atom. The highest BCUT2D eigenvalue weighted by Crippen LogP contribution is 2.29. The molecule has 0 aliphatic carbocycles. The van der Waals surface area contributed by atoms with Gasteiger partial charge in [-0.05, 0) is 36.8 Å². The lowest BCUT2D eigenvalue weighted by Crippen LogP contribution is -2.51. The molecule has 0 spiro atoms. The highest BCUT2D eigenvalue weighted by atomic mass is 79.9. The Morgan fingerprint density at radius 3 is 2.66 bits per heavy atom. The highest BCUT2D eigenvalue weighted by Gasteiger charge is 2.40. The predicted octanol–water partition coefficient (Wildman–Crippen LogP) is 2.42. The van der Waals surface area contributed by atoms with E-state index >= 15 is 0 Å². The molecule has 148 valence electrons. The molecule has 0 saturated carbocycles. The van der Waals surface area contributed by atoms with Gasteiger partial charge >= 0.3 is 0 Å². The number of nitrogens with zero attached hydrogens (tertiary/aromatic N) is 5. The van der Waals surface area contributed by atoms with E-state index in [1.54, 1.807) is 28.1 Å². The van der Waals surface area contributed by atoms with Gasteiger partial charge in [0.25, 0.3) is 0 Å². The van der Waals surface area contributed by atoms with Gasteiger partial charge in [-0.3, -0.25) is 9.59 Å². The van der Waals surface area contributed by atoms with Crippen LogP contribution in [-0.2, 0) is 9.59 Å². The first kappa shape index (κ1) is 19.4. The molecule has 8 heteroatoms. The number of amides is 2. The van der Waals surface area contributed by atoms with E-state index < -0.39 is 5.92 Å². The maximum Gasteiger partial charge on any atom is 0.239 e. The average Bonchev–Trinajstić information content (AvgIpc) is 3.14. The molecule has 0 bridgehead atoms. The van der Waals surface area contributed by atoms with Crippen molar-refractivity contribution in [3.63, 3.8) is 0 Å². The minimum atomic E-state index is -0.620. The summed E-state index contributed by atoms with van der Waals surface area (Å²) in [5.41, 5.74) is 1.34. The molecule has 2 aliphatic rings. The van der Waals surface area contributed by atoms with Crippen molar-refractivity contribution in [2.45, 2.75) is 6.42 Å². The molecule has 4 rings (SSSR count). The van der Waals surface area contributed by atoms with Crippen molar-refractivity contribution >= 4 is 39.2 Å². The van der Waals surface area contributed by atoms with E-state index in [0.717, 1.165) is 10.2 Å². The molecular weight excluding hydrogens is 434 g/mol. The van der Waals surface area contributed by atoms with Crippen molar-refractivity contribution in [2.75, 3.05) is 42.5 Å². The molecule has 0 N–H and O–H groups in total. The summed E-state index contributed by atoms with van der Waals surface area (Å²) in [6, 6.07) is 13.2. The molecular formula is C21H20BrN5O2. The summed E-state index contributed by atoms with van der Waals surface area (Å²) in [6.07, 6.45) is 2.20. The van der Waals surface area contributed by atoms with Crippen molar-refractivity contribution in [1.29, 1.82) is 5.26 Å². The van der Waals surface area contributed by atoms with Gasteiger partial charge in [-0.15, -0.1) is 0 Å². The number of nitriles is 1. The van der Waals surface area contributed by atoms with Crippen LogP contribution >= 0.6 is 15.9 Å². The van der Waals surface area contributed by atoms with Crippen molar-refractivity contribution in [3.05, 3.63) is 52.6 Å².